The highest BCUT2D eigenvalue weighted by molar-refractivity contribution is 6.74. The fourth-order valence-electron chi connectivity index (χ4n) is 8.18. The van der Waals surface area contributed by atoms with Gasteiger partial charge in [0.2, 0.25) is 5.91 Å². The van der Waals surface area contributed by atoms with E-state index in [1.54, 1.807) is 18.3 Å². The molecule has 278 valence electrons. The van der Waals surface area contributed by atoms with Crippen molar-refractivity contribution < 1.29 is 23.2 Å². The molecule has 51 heavy (non-hydrogen) atoms. The van der Waals surface area contributed by atoms with Crippen molar-refractivity contribution in [3.63, 3.8) is 0 Å². The molecule has 2 N–H and O–H groups in total. The van der Waals surface area contributed by atoms with Crippen LogP contribution in [0.5, 0.6) is 0 Å². The number of anilines is 1. The average Bonchev–Trinajstić information content (AvgIpc) is 3.58. The van der Waals surface area contributed by atoms with Gasteiger partial charge >= 0.3 is 6.03 Å². The van der Waals surface area contributed by atoms with Crippen LogP contribution in [-0.4, -0.2) is 113 Å². The van der Waals surface area contributed by atoms with E-state index in [0.717, 1.165) is 41.8 Å². The summed E-state index contributed by atoms with van der Waals surface area (Å²) in [5.41, 5.74) is 8.27. The smallest absolute Gasteiger partial charge is 0.327 e. The van der Waals surface area contributed by atoms with Crippen molar-refractivity contribution in [1.82, 2.24) is 34.2 Å². The van der Waals surface area contributed by atoms with Crippen LogP contribution in [0.1, 0.15) is 66.3 Å². The summed E-state index contributed by atoms with van der Waals surface area (Å²) >= 11 is 0. The molecule has 0 radical (unpaired) electrons. The number of hydrogen-bond acceptors (Lipinski definition) is 10. The molecule has 0 spiro atoms. The zero-order valence-electron chi connectivity index (χ0n) is 31.5. The summed E-state index contributed by atoms with van der Waals surface area (Å²) in [6.45, 7) is 16.4. The van der Waals surface area contributed by atoms with E-state index in [4.69, 9.17) is 19.3 Å². The number of likely N-dealkylation sites (N-methyl/N-ethyl adjacent to an activating group) is 1. The second-order valence-electron chi connectivity index (χ2n) is 14.5. The molecular weight excluding hydrogens is 681 g/mol. The first-order valence-corrected chi connectivity index (χ1v) is 23.9. The lowest BCUT2D eigenvalue weighted by atomic mass is 10.00. The maximum atomic E-state index is 14.2. The fraction of sp³-hybridized carbons (Fsp3) is 0.639. The summed E-state index contributed by atoms with van der Waals surface area (Å²) in [6, 6.07) is 14.5. The zero-order chi connectivity index (χ0) is 36.7. The Bertz CT molecular complexity index is 1670. The molecule has 0 bridgehead atoms. The van der Waals surface area contributed by atoms with Crippen molar-refractivity contribution in [1.29, 1.82) is 0 Å². The van der Waals surface area contributed by atoms with Crippen LogP contribution in [0.4, 0.5) is 10.6 Å². The number of nitrogens with zero attached hydrogens (tertiary/aromatic N) is 7. The molecule has 3 aliphatic rings. The predicted molar refractivity (Wildman–Crippen MR) is 202 cm³/mol. The monoisotopic (exact) mass is 736 g/mol. The molecule has 13 nitrogen and oxygen atoms in total. The number of carbonyl (C=O) groups excluding carboxylic acids is 2. The van der Waals surface area contributed by atoms with E-state index >= 15 is 0 Å². The van der Waals surface area contributed by atoms with Gasteiger partial charge in [-0.3, -0.25) is 19.2 Å². The number of hydrogen-bond donors (Lipinski definition) is 1. The molecule has 3 amide bonds. The van der Waals surface area contributed by atoms with Gasteiger partial charge in [-0.15, -0.1) is 0 Å². The number of nitrogen functional groups attached to an aromatic ring is 1. The van der Waals surface area contributed by atoms with Crippen LogP contribution in [-0.2, 0) is 18.4 Å². The summed E-state index contributed by atoms with van der Waals surface area (Å²) < 4.78 is 23.8. The number of amides is 3. The fourth-order valence-corrected chi connectivity index (χ4v) is 13.9. The quantitative estimate of drug-likeness (QED) is 0.151. The van der Waals surface area contributed by atoms with Gasteiger partial charge in [-0.25, -0.2) is 19.7 Å². The predicted octanol–water partition coefficient (Wildman–Crippen LogP) is 5.79. The van der Waals surface area contributed by atoms with E-state index in [-0.39, 0.29) is 30.1 Å². The molecule has 0 saturated carbocycles. The summed E-state index contributed by atoms with van der Waals surface area (Å²) in [7, 11) is -2.58. The van der Waals surface area contributed by atoms with Crippen LogP contribution in [0.15, 0.2) is 43.0 Å². The van der Waals surface area contributed by atoms with Gasteiger partial charge in [0.1, 0.15) is 36.2 Å². The minimum Gasteiger partial charge on any atom is -0.408 e. The molecule has 2 aromatic heterocycles. The van der Waals surface area contributed by atoms with Crippen molar-refractivity contribution >= 4 is 45.6 Å². The third-order valence-electron chi connectivity index (χ3n) is 12.2. The lowest BCUT2D eigenvalue weighted by Crippen LogP contribution is -2.52. The number of rotatable bonds is 15. The van der Waals surface area contributed by atoms with Gasteiger partial charge in [-0.1, -0.05) is 71.9 Å². The van der Waals surface area contributed by atoms with Gasteiger partial charge in [0.25, 0.3) is 0 Å². The second-order valence-corrected chi connectivity index (χ2v) is 23.9. The standard InChI is InChI=1S/C36H56N8O5Si2/c1-9-50(10-2,11-3)48-30-27(21-42-20-26(42)34(45)44-29(24(7)41(8)36(44)46)25-18-16-15-17-19-25)47-35(31(30)49-51(12-4,13-5)14-6)43-23-40-28-32(37)38-22-39-33(28)43/h15-19,22-24,26-27,29-31,35H,9-14,20-21H2,1-8H3,(H2,37,38,39)/t24-,26?,27+,29-,30-,31?,35+,42?/m0/s1. The third kappa shape index (κ3) is 6.76. The van der Waals surface area contributed by atoms with E-state index in [9.17, 15) is 9.59 Å². The number of imide groups is 1. The number of imidazole rings is 1. The number of urea groups is 1. The van der Waals surface area contributed by atoms with Gasteiger partial charge in [0.15, 0.2) is 34.3 Å². The maximum absolute atomic E-state index is 14.2. The number of aromatic nitrogens is 4. The molecule has 3 unspecified atom stereocenters. The van der Waals surface area contributed by atoms with E-state index in [1.807, 2.05) is 41.8 Å². The van der Waals surface area contributed by atoms with Crippen LogP contribution in [0, 0.1) is 0 Å². The molecule has 6 rings (SSSR count). The van der Waals surface area contributed by atoms with Gasteiger partial charge < -0.3 is 24.2 Å². The molecule has 3 aliphatic heterocycles. The average molecular weight is 737 g/mol. The van der Waals surface area contributed by atoms with Gasteiger partial charge in [0.05, 0.1) is 18.4 Å². The SMILES string of the molecule is CC[Si](CC)(CC)OC1[C@@H](O[Si](CC)(CC)CC)[C@@H](CN2CC2C(=O)N2C(=O)N(C)[C@@H](C)[C@H]2c2ccccc2)O[C@H]1n1cnc2c(N)ncnc21. The van der Waals surface area contributed by atoms with E-state index in [1.165, 1.54) is 11.2 Å². The Balaban J connectivity index is 1.34. The number of fused-ring (bicyclic) bond motifs is 1. The summed E-state index contributed by atoms with van der Waals surface area (Å²) in [5.74, 6) is 0.134. The molecule has 3 saturated heterocycles. The molecule has 3 fully saturated rings. The first-order valence-electron chi connectivity index (χ1n) is 18.8. The van der Waals surface area contributed by atoms with E-state index in [0.29, 0.717) is 30.1 Å². The first kappa shape index (κ1) is 37.5. The Hall–Kier alpha value is -3.22. The topological polar surface area (TPSA) is 141 Å². The molecule has 8 atom stereocenters. The lowest BCUT2D eigenvalue weighted by molar-refractivity contribution is -0.129. The van der Waals surface area contributed by atoms with E-state index in [2.05, 4.69) is 61.4 Å². The normalized spacial score (nSPS) is 28.3. The Labute approximate surface area is 304 Å². The Morgan fingerprint density at radius 2 is 1.53 bits per heavy atom. The molecule has 5 heterocycles. The van der Waals surface area contributed by atoms with Crippen LogP contribution < -0.4 is 5.73 Å². The lowest BCUT2D eigenvalue weighted by Gasteiger charge is -2.39. The third-order valence-corrected chi connectivity index (χ3v) is 21.5. The largest absolute Gasteiger partial charge is 0.408 e. The van der Waals surface area contributed by atoms with Crippen LogP contribution in [0.3, 0.4) is 0 Å². The van der Waals surface area contributed by atoms with Crippen molar-refractivity contribution in [2.45, 2.75) is 127 Å². The van der Waals surface area contributed by atoms with Crippen LogP contribution in [0.25, 0.3) is 11.2 Å². The highest BCUT2D eigenvalue weighted by atomic mass is 28.4. The molecule has 15 heteroatoms. The summed E-state index contributed by atoms with van der Waals surface area (Å²) in [5, 5.41) is 0. The maximum Gasteiger partial charge on any atom is 0.327 e. The molecular formula is C36H56N8O5Si2. The van der Waals surface area contributed by atoms with Crippen LogP contribution >= 0.6 is 0 Å². The summed E-state index contributed by atoms with van der Waals surface area (Å²) in [4.78, 5) is 46.3. The Morgan fingerprint density at radius 1 is 0.922 bits per heavy atom. The zero-order valence-corrected chi connectivity index (χ0v) is 33.5. The van der Waals surface area contributed by atoms with Crippen molar-refractivity contribution in [2.75, 3.05) is 25.9 Å². The summed E-state index contributed by atoms with van der Waals surface area (Å²) in [6.07, 6.45) is 1.41. The van der Waals surface area contributed by atoms with Crippen molar-refractivity contribution in [3.05, 3.63) is 48.5 Å². The number of carbonyl (C=O) groups is 2. The first-order chi connectivity index (χ1) is 24.5. The van der Waals surface area contributed by atoms with Crippen molar-refractivity contribution in [3.8, 4) is 0 Å². The van der Waals surface area contributed by atoms with Crippen LogP contribution in [0.2, 0.25) is 36.3 Å². The Morgan fingerprint density at radius 3 is 2.14 bits per heavy atom. The number of nitrogens with two attached hydrogens (primary N) is 1. The van der Waals surface area contributed by atoms with Gasteiger partial charge in [-0.2, -0.15) is 0 Å². The second kappa shape index (κ2) is 15.0. The van der Waals surface area contributed by atoms with Crippen molar-refractivity contribution in [2.24, 2.45) is 0 Å². The van der Waals surface area contributed by atoms with Gasteiger partial charge in [-0.05, 0) is 48.8 Å². The number of ether oxygens (including phenoxy) is 1. The van der Waals surface area contributed by atoms with Gasteiger partial charge in [0, 0.05) is 20.1 Å². The highest BCUT2D eigenvalue weighted by Crippen LogP contribution is 2.43. The molecule has 3 aromatic rings. The van der Waals surface area contributed by atoms with E-state index < -0.39 is 41.1 Å². The molecule has 0 aliphatic carbocycles. The highest BCUT2D eigenvalue weighted by Gasteiger charge is 2.57. The minimum atomic E-state index is -2.18. The number of benzene rings is 1. The molecule has 1 aromatic carbocycles. The Kier molecular flexibility index (Phi) is 11.1. The minimum absolute atomic E-state index is 0.149.